The molecule has 2 saturated carbocycles. The number of ether oxygens (including phenoxy) is 3. The minimum atomic E-state index is -0.0413. The molecular weight excluding hydrogens is 524 g/mol. The van der Waals surface area contributed by atoms with Gasteiger partial charge in [0.25, 0.3) is 11.8 Å². The second-order valence-electron chi connectivity index (χ2n) is 11.9. The summed E-state index contributed by atoms with van der Waals surface area (Å²) < 4.78 is 22.0. The molecule has 0 bridgehead atoms. The molecule has 1 aliphatic heterocycles. The maximum Gasteiger partial charge on any atom is 0.276 e. The SMILES string of the molecule is COCCCOc1cc(C(=O)N(C[C@H]2CNC[C@H]2CN(C(=O)c2cc(C3CC3)on2)C2CC2)C(C)C)ccc1OC. The Kier molecular flexibility index (Phi) is 9.49. The van der Waals surface area contributed by atoms with Gasteiger partial charge in [-0.25, -0.2) is 0 Å². The van der Waals surface area contributed by atoms with Crippen molar-refractivity contribution in [2.24, 2.45) is 11.8 Å². The number of amides is 2. The van der Waals surface area contributed by atoms with Gasteiger partial charge in [-0.3, -0.25) is 9.59 Å². The summed E-state index contributed by atoms with van der Waals surface area (Å²) in [5, 5.41) is 7.63. The molecule has 224 valence electrons. The maximum absolute atomic E-state index is 13.8. The van der Waals surface area contributed by atoms with Crippen molar-refractivity contribution >= 4 is 11.8 Å². The van der Waals surface area contributed by atoms with Crippen LogP contribution in [0.4, 0.5) is 0 Å². The summed E-state index contributed by atoms with van der Waals surface area (Å²) in [4.78, 5) is 31.2. The van der Waals surface area contributed by atoms with E-state index in [9.17, 15) is 9.59 Å². The molecule has 2 aromatic rings. The van der Waals surface area contributed by atoms with Crippen LogP contribution in [0, 0.1) is 11.8 Å². The molecular formula is C31H44N4O6. The molecule has 2 amide bonds. The zero-order valence-electron chi connectivity index (χ0n) is 24.8. The molecule has 1 N–H and O–H groups in total. The summed E-state index contributed by atoms with van der Waals surface area (Å²) in [6.07, 6.45) is 5.00. The van der Waals surface area contributed by atoms with E-state index in [0.29, 0.717) is 55.0 Å². The number of hydrogen-bond acceptors (Lipinski definition) is 8. The number of hydrogen-bond donors (Lipinski definition) is 1. The Bertz CT molecular complexity index is 1190. The van der Waals surface area contributed by atoms with Crippen LogP contribution in [0.1, 0.15) is 78.5 Å². The minimum Gasteiger partial charge on any atom is -0.493 e. The minimum absolute atomic E-state index is 0.00839. The van der Waals surface area contributed by atoms with E-state index in [2.05, 4.69) is 10.5 Å². The number of rotatable bonds is 15. The van der Waals surface area contributed by atoms with Gasteiger partial charge in [-0.15, -0.1) is 0 Å². The molecule has 1 saturated heterocycles. The van der Waals surface area contributed by atoms with E-state index in [1.54, 1.807) is 32.4 Å². The lowest BCUT2D eigenvalue weighted by Crippen LogP contribution is -2.45. The number of aromatic nitrogens is 1. The Morgan fingerprint density at radius 1 is 1.00 bits per heavy atom. The summed E-state index contributed by atoms with van der Waals surface area (Å²) in [6, 6.07) is 7.46. The van der Waals surface area contributed by atoms with Gasteiger partial charge in [-0.05, 0) is 69.6 Å². The van der Waals surface area contributed by atoms with E-state index >= 15 is 0 Å². The summed E-state index contributed by atoms with van der Waals surface area (Å²) in [5.74, 6) is 2.77. The molecule has 1 aromatic heterocycles. The quantitative estimate of drug-likeness (QED) is 0.322. The van der Waals surface area contributed by atoms with Gasteiger partial charge >= 0.3 is 0 Å². The molecule has 10 heteroatoms. The van der Waals surface area contributed by atoms with Crippen LogP contribution in [0.5, 0.6) is 11.5 Å². The number of carbonyl (C=O) groups is 2. The molecule has 2 heterocycles. The van der Waals surface area contributed by atoms with Crippen LogP contribution in [0.2, 0.25) is 0 Å². The van der Waals surface area contributed by atoms with Gasteiger partial charge in [0, 0.05) is 75.9 Å². The Labute approximate surface area is 242 Å². The molecule has 0 unspecified atom stereocenters. The molecule has 5 rings (SSSR count). The Balaban J connectivity index is 1.26. The Hall–Kier alpha value is -3.11. The second kappa shape index (κ2) is 13.2. The third-order valence-corrected chi connectivity index (χ3v) is 8.36. The van der Waals surface area contributed by atoms with Gasteiger partial charge in [0.15, 0.2) is 17.2 Å². The first-order valence-electron chi connectivity index (χ1n) is 15.0. The normalized spacial score (nSPS) is 20.3. The van der Waals surface area contributed by atoms with Crippen molar-refractivity contribution in [3.63, 3.8) is 0 Å². The highest BCUT2D eigenvalue weighted by molar-refractivity contribution is 5.95. The topological polar surface area (TPSA) is 106 Å². The molecule has 10 nitrogen and oxygen atoms in total. The summed E-state index contributed by atoms with van der Waals surface area (Å²) in [6.45, 7) is 8.03. The smallest absolute Gasteiger partial charge is 0.276 e. The van der Waals surface area contributed by atoms with Gasteiger partial charge in [-0.1, -0.05) is 5.16 Å². The highest BCUT2D eigenvalue weighted by Crippen LogP contribution is 2.40. The first-order valence-corrected chi connectivity index (χ1v) is 15.0. The van der Waals surface area contributed by atoms with Crippen LogP contribution in [0.3, 0.4) is 0 Å². The van der Waals surface area contributed by atoms with Crippen molar-refractivity contribution < 1.29 is 28.3 Å². The van der Waals surface area contributed by atoms with Crippen molar-refractivity contribution in [2.45, 2.75) is 64.0 Å². The standard InChI is InChI=1S/C31H44N4O6/c1-20(2)34(30(36)22-8-11-27(39-4)29(14-22)40-13-5-12-38-3)18-23-16-32-17-24(23)19-35(25-9-10-25)31(37)26-15-28(41-33-26)21-6-7-21/h8,11,14-15,20-21,23-25,32H,5-7,9-10,12-13,16-19H2,1-4H3/t23-,24+/m1/s1. The molecule has 0 spiro atoms. The number of carbonyl (C=O) groups excluding carboxylic acids is 2. The average Bonchev–Trinajstić information content (AvgIpc) is 3.91. The zero-order chi connectivity index (χ0) is 28.9. The molecule has 1 aromatic carbocycles. The number of benzene rings is 1. The van der Waals surface area contributed by atoms with Gasteiger partial charge in [0.2, 0.25) is 0 Å². The van der Waals surface area contributed by atoms with E-state index in [1.807, 2.05) is 29.7 Å². The second-order valence-corrected chi connectivity index (χ2v) is 11.9. The summed E-state index contributed by atoms with van der Waals surface area (Å²) in [7, 11) is 3.25. The Morgan fingerprint density at radius 3 is 2.41 bits per heavy atom. The summed E-state index contributed by atoms with van der Waals surface area (Å²) in [5.41, 5.74) is 0.982. The fraction of sp³-hybridized carbons (Fsp3) is 0.645. The maximum atomic E-state index is 13.8. The van der Waals surface area contributed by atoms with Crippen LogP contribution in [0.15, 0.2) is 28.8 Å². The van der Waals surface area contributed by atoms with Crippen LogP contribution >= 0.6 is 0 Å². The lowest BCUT2D eigenvalue weighted by molar-refractivity contribution is 0.0609. The highest BCUT2D eigenvalue weighted by Gasteiger charge is 2.40. The monoisotopic (exact) mass is 568 g/mol. The van der Waals surface area contributed by atoms with Crippen molar-refractivity contribution in [3.05, 3.63) is 41.3 Å². The molecule has 2 atom stereocenters. The molecule has 2 aliphatic carbocycles. The van der Waals surface area contributed by atoms with Crippen LogP contribution in [-0.4, -0.2) is 92.5 Å². The first-order chi connectivity index (χ1) is 19.9. The number of nitrogens with one attached hydrogen (secondary N) is 1. The fourth-order valence-electron chi connectivity index (χ4n) is 5.60. The predicted molar refractivity (Wildman–Crippen MR) is 154 cm³/mol. The van der Waals surface area contributed by atoms with Crippen LogP contribution in [-0.2, 0) is 4.74 Å². The van der Waals surface area contributed by atoms with Crippen LogP contribution in [0.25, 0.3) is 0 Å². The van der Waals surface area contributed by atoms with Gasteiger partial charge < -0.3 is 33.9 Å². The third-order valence-electron chi connectivity index (χ3n) is 8.36. The van der Waals surface area contributed by atoms with Gasteiger partial charge in [0.05, 0.1) is 13.7 Å². The largest absolute Gasteiger partial charge is 0.493 e. The molecule has 3 aliphatic rings. The highest BCUT2D eigenvalue weighted by atomic mass is 16.5. The molecule has 41 heavy (non-hydrogen) atoms. The van der Waals surface area contributed by atoms with E-state index in [4.69, 9.17) is 18.7 Å². The average molecular weight is 569 g/mol. The summed E-state index contributed by atoms with van der Waals surface area (Å²) >= 11 is 0. The van der Waals surface area contributed by atoms with E-state index in [-0.39, 0.29) is 35.7 Å². The lowest BCUT2D eigenvalue weighted by Gasteiger charge is -2.33. The Morgan fingerprint density at radius 2 is 1.76 bits per heavy atom. The van der Waals surface area contributed by atoms with Crippen molar-refractivity contribution in [1.29, 1.82) is 0 Å². The first kappa shape index (κ1) is 29.4. The van der Waals surface area contributed by atoms with Crippen molar-refractivity contribution in [2.75, 3.05) is 53.6 Å². The number of nitrogens with zero attached hydrogens (tertiary/aromatic N) is 3. The van der Waals surface area contributed by atoms with E-state index in [0.717, 1.165) is 51.0 Å². The fourth-order valence-corrected chi connectivity index (χ4v) is 5.60. The third kappa shape index (κ3) is 7.22. The van der Waals surface area contributed by atoms with Gasteiger partial charge in [-0.2, -0.15) is 0 Å². The van der Waals surface area contributed by atoms with Crippen LogP contribution < -0.4 is 14.8 Å². The lowest BCUT2D eigenvalue weighted by atomic mass is 9.93. The number of methoxy groups -OCH3 is 2. The van der Waals surface area contributed by atoms with Crippen molar-refractivity contribution in [1.82, 2.24) is 20.3 Å². The van der Waals surface area contributed by atoms with E-state index < -0.39 is 0 Å². The zero-order valence-corrected chi connectivity index (χ0v) is 24.8. The van der Waals surface area contributed by atoms with Crippen molar-refractivity contribution in [3.8, 4) is 11.5 Å². The molecule has 0 radical (unpaired) electrons. The van der Waals surface area contributed by atoms with E-state index in [1.165, 1.54) is 0 Å². The van der Waals surface area contributed by atoms with Gasteiger partial charge in [0.1, 0.15) is 5.76 Å². The predicted octanol–water partition coefficient (Wildman–Crippen LogP) is 3.97. The molecule has 3 fully saturated rings.